The highest BCUT2D eigenvalue weighted by Crippen LogP contribution is 2.55. The minimum atomic E-state index is -1.09. The first-order valence-corrected chi connectivity index (χ1v) is 8.14. The second-order valence-corrected chi connectivity index (χ2v) is 7.13. The predicted molar refractivity (Wildman–Crippen MR) is 89.4 cm³/mol. The lowest BCUT2D eigenvalue weighted by Gasteiger charge is -2.32. The Morgan fingerprint density at radius 2 is 1.83 bits per heavy atom. The molecule has 6 heteroatoms. The molecule has 2 aromatic rings. The van der Waals surface area contributed by atoms with Crippen molar-refractivity contribution in [3.05, 3.63) is 54.1 Å². The first-order chi connectivity index (χ1) is 11.0. The fraction of sp³-hybridized carbons (Fsp3) is 0.176. The fourth-order valence-corrected chi connectivity index (χ4v) is 4.64. The maximum atomic E-state index is 12.8. The number of hydrogen-bond donors (Lipinski definition) is 2. The van der Waals surface area contributed by atoms with Crippen LogP contribution in [0, 0.1) is 0 Å². The van der Waals surface area contributed by atoms with Crippen LogP contribution >= 0.6 is 11.8 Å². The van der Waals surface area contributed by atoms with Crippen molar-refractivity contribution >= 4 is 35.0 Å². The molecule has 0 unspecified atom stereocenters. The van der Waals surface area contributed by atoms with E-state index < -0.39 is 4.87 Å². The number of nitrogens with one attached hydrogen (secondary N) is 1. The lowest BCUT2D eigenvalue weighted by atomic mass is 10.0. The van der Waals surface area contributed by atoms with E-state index in [4.69, 9.17) is 0 Å². The Labute approximate surface area is 137 Å². The molecule has 2 aliphatic rings. The van der Waals surface area contributed by atoms with E-state index in [1.807, 2.05) is 31.2 Å². The van der Waals surface area contributed by atoms with Gasteiger partial charge in [-0.2, -0.15) is 0 Å². The molecule has 2 heterocycles. The molecule has 0 aliphatic carbocycles. The van der Waals surface area contributed by atoms with Crippen molar-refractivity contribution in [1.82, 2.24) is 0 Å². The maximum absolute atomic E-state index is 12.8. The van der Waals surface area contributed by atoms with Gasteiger partial charge in [-0.15, -0.1) is 11.8 Å². The van der Waals surface area contributed by atoms with Crippen LogP contribution in [0.15, 0.2) is 48.5 Å². The van der Waals surface area contributed by atoms with E-state index >= 15 is 0 Å². The fourth-order valence-electron chi connectivity index (χ4n) is 3.16. The number of fused-ring (bicyclic) bond motifs is 2. The van der Waals surface area contributed by atoms with Gasteiger partial charge in [0.2, 0.25) is 10.8 Å². The summed E-state index contributed by atoms with van der Waals surface area (Å²) in [5.41, 5.74) is 2.12. The number of hydrogen-bond acceptors (Lipinski definition) is 4. The Hall–Kier alpha value is -2.47. The topological polar surface area (TPSA) is 69.6 Å². The van der Waals surface area contributed by atoms with Crippen LogP contribution in [0.3, 0.4) is 0 Å². The lowest BCUT2D eigenvalue weighted by molar-refractivity contribution is -0.122. The standard InChI is InChI=1S/C17H14N2O3S/c1-10-15(21)19(11-6-8-12(20)9-7-11)17(23-10)13-4-2-3-5-14(13)18-16(17)22/h2-10,20H,1H3,(H,18,22)/t10-,17-/m0/s1. The molecule has 4 rings (SSSR count). The second kappa shape index (κ2) is 4.76. The highest BCUT2D eigenvalue weighted by molar-refractivity contribution is 8.03. The summed E-state index contributed by atoms with van der Waals surface area (Å²) >= 11 is 1.34. The Kier molecular flexibility index (Phi) is 2.93. The minimum Gasteiger partial charge on any atom is -0.508 e. The molecular formula is C17H14N2O3S. The highest BCUT2D eigenvalue weighted by Gasteiger charge is 2.60. The lowest BCUT2D eigenvalue weighted by Crippen LogP contribution is -2.47. The molecule has 2 aromatic carbocycles. The third-order valence-electron chi connectivity index (χ3n) is 4.19. The molecule has 1 fully saturated rings. The van der Waals surface area contributed by atoms with E-state index in [9.17, 15) is 14.7 Å². The van der Waals surface area contributed by atoms with Gasteiger partial charge in [0, 0.05) is 16.9 Å². The molecule has 2 amide bonds. The van der Waals surface area contributed by atoms with Crippen LogP contribution in [0.5, 0.6) is 5.75 Å². The highest BCUT2D eigenvalue weighted by atomic mass is 32.2. The summed E-state index contributed by atoms with van der Waals surface area (Å²) in [5.74, 6) is -0.214. The summed E-state index contributed by atoms with van der Waals surface area (Å²) in [6, 6.07) is 13.8. The summed E-state index contributed by atoms with van der Waals surface area (Å²) in [7, 11) is 0. The number of phenols is 1. The van der Waals surface area contributed by atoms with Crippen molar-refractivity contribution < 1.29 is 14.7 Å². The van der Waals surface area contributed by atoms with Gasteiger partial charge in [-0.25, -0.2) is 0 Å². The van der Waals surface area contributed by atoms with Gasteiger partial charge in [-0.3, -0.25) is 14.5 Å². The maximum Gasteiger partial charge on any atom is 0.266 e. The van der Waals surface area contributed by atoms with Crippen LogP contribution < -0.4 is 10.2 Å². The van der Waals surface area contributed by atoms with Crippen LogP contribution in [-0.4, -0.2) is 22.2 Å². The quantitative estimate of drug-likeness (QED) is 0.845. The number of benzene rings is 2. The summed E-state index contributed by atoms with van der Waals surface area (Å²) in [6.45, 7) is 1.81. The number of rotatable bonds is 1. The van der Waals surface area contributed by atoms with E-state index in [1.165, 1.54) is 23.9 Å². The summed E-state index contributed by atoms with van der Waals surface area (Å²) in [6.07, 6.45) is 0. The number of thioether (sulfide) groups is 1. The number of aromatic hydroxyl groups is 1. The van der Waals surface area contributed by atoms with Gasteiger partial charge >= 0.3 is 0 Å². The molecule has 0 bridgehead atoms. The Morgan fingerprint density at radius 3 is 2.57 bits per heavy atom. The van der Waals surface area contributed by atoms with Gasteiger partial charge in [-0.05, 0) is 37.3 Å². The van der Waals surface area contributed by atoms with Crippen LogP contribution in [0.1, 0.15) is 12.5 Å². The largest absolute Gasteiger partial charge is 0.508 e. The predicted octanol–water partition coefficient (Wildman–Crippen LogP) is 2.67. The van der Waals surface area contributed by atoms with Crippen molar-refractivity contribution in [2.75, 3.05) is 10.2 Å². The van der Waals surface area contributed by atoms with Crippen molar-refractivity contribution in [3.63, 3.8) is 0 Å². The molecule has 23 heavy (non-hydrogen) atoms. The van der Waals surface area contributed by atoms with Crippen molar-refractivity contribution in [1.29, 1.82) is 0 Å². The molecule has 0 saturated carbocycles. The Bertz CT molecular complexity index is 821. The van der Waals surface area contributed by atoms with Crippen molar-refractivity contribution in [3.8, 4) is 5.75 Å². The zero-order chi connectivity index (χ0) is 16.2. The molecule has 5 nitrogen and oxygen atoms in total. The zero-order valence-corrected chi connectivity index (χ0v) is 13.1. The van der Waals surface area contributed by atoms with Gasteiger partial charge in [0.25, 0.3) is 5.91 Å². The summed E-state index contributed by atoms with van der Waals surface area (Å²) in [5, 5.41) is 12.0. The van der Waals surface area contributed by atoms with E-state index in [0.717, 1.165) is 11.3 Å². The normalized spacial score (nSPS) is 25.8. The second-order valence-electron chi connectivity index (χ2n) is 5.59. The minimum absolute atomic E-state index is 0.117. The molecule has 0 aromatic heterocycles. The molecule has 2 aliphatic heterocycles. The molecular weight excluding hydrogens is 312 g/mol. The average Bonchev–Trinajstić information content (AvgIpc) is 2.97. The van der Waals surface area contributed by atoms with Crippen molar-refractivity contribution in [2.45, 2.75) is 17.0 Å². The third kappa shape index (κ3) is 1.81. The Balaban J connectivity index is 1.94. The van der Waals surface area contributed by atoms with Crippen LogP contribution in [0.4, 0.5) is 11.4 Å². The smallest absolute Gasteiger partial charge is 0.266 e. The molecule has 1 spiro atoms. The van der Waals surface area contributed by atoms with Crippen LogP contribution in [0.2, 0.25) is 0 Å². The number of carbonyl (C=O) groups excluding carboxylic acids is 2. The number of amides is 2. The van der Waals surface area contributed by atoms with Crippen LogP contribution in [-0.2, 0) is 14.5 Å². The molecule has 2 atom stereocenters. The average molecular weight is 326 g/mol. The summed E-state index contributed by atoms with van der Waals surface area (Å²) in [4.78, 5) is 26.0. The molecule has 1 saturated heterocycles. The molecule has 2 N–H and O–H groups in total. The van der Waals surface area contributed by atoms with Crippen molar-refractivity contribution in [2.24, 2.45) is 0 Å². The number of para-hydroxylation sites is 1. The summed E-state index contributed by atoms with van der Waals surface area (Å²) < 4.78 is 0. The zero-order valence-electron chi connectivity index (χ0n) is 12.3. The number of carbonyl (C=O) groups is 2. The van der Waals surface area contributed by atoms with E-state index in [2.05, 4.69) is 5.32 Å². The van der Waals surface area contributed by atoms with Gasteiger partial charge in [-0.1, -0.05) is 18.2 Å². The first kappa shape index (κ1) is 14.1. The number of phenolic OH excluding ortho intramolecular Hbond substituents is 1. The number of nitrogens with zero attached hydrogens (tertiary/aromatic N) is 1. The van der Waals surface area contributed by atoms with E-state index in [1.54, 1.807) is 17.0 Å². The SMILES string of the molecule is C[C@@H]1S[C@@]2(C(=O)Nc3ccccc32)N(c2ccc(O)cc2)C1=O. The van der Waals surface area contributed by atoms with E-state index in [-0.39, 0.29) is 22.8 Å². The van der Waals surface area contributed by atoms with Gasteiger partial charge < -0.3 is 10.4 Å². The molecule has 116 valence electrons. The van der Waals surface area contributed by atoms with E-state index in [0.29, 0.717) is 5.69 Å². The van der Waals surface area contributed by atoms with Crippen LogP contribution in [0.25, 0.3) is 0 Å². The molecule has 0 radical (unpaired) electrons. The Morgan fingerprint density at radius 1 is 1.13 bits per heavy atom. The monoisotopic (exact) mass is 326 g/mol. The van der Waals surface area contributed by atoms with Gasteiger partial charge in [0.15, 0.2) is 0 Å². The van der Waals surface area contributed by atoms with Gasteiger partial charge in [0.1, 0.15) is 5.75 Å². The van der Waals surface area contributed by atoms with Gasteiger partial charge in [0.05, 0.1) is 5.25 Å². The third-order valence-corrected chi connectivity index (χ3v) is 5.67. The number of anilines is 2. The first-order valence-electron chi connectivity index (χ1n) is 7.26.